The molecule has 1 aromatic heterocycles. The van der Waals surface area contributed by atoms with Gasteiger partial charge in [-0.05, 0) is 55.8 Å². The van der Waals surface area contributed by atoms with Crippen LogP contribution >= 0.6 is 11.3 Å². The number of nitrogens with zero attached hydrogens (tertiary/aromatic N) is 2. The summed E-state index contributed by atoms with van der Waals surface area (Å²) in [7, 11) is 0. The van der Waals surface area contributed by atoms with Gasteiger partial charge >= 0.3 is 6.09 Å². The van der Waals surface area contributed by atoms with Crippen molar-refractivity contribution < 1.29 is 14.3 Å². The van der Waals surface area contributed by atoms with E-state index in [1.807, 2.05) is 43.3 Å². The number of hydrogen-bond acceptors (Lipinski definition) is 5. The molecule has 1 aromatic carbocycles. The number of nitrogens with one attached hydrogen (secondary N) is 1. The Kier molecular flexibility index (Phi) is 4.59. The van der Waals surface area contributed by atoms with Gasteiger partial charge in [-0.15, -0.1) is 11.3 Å². The van der Waals surface area contributed by atoms with Gasteiger partial charge in [-0.2, -0.15) is 0 Å². The number of piperidine rings is 3. The van der Waals surface area contributed by atoms with E-state index >= 15 is 0 Å². The van der Waals surface area contributed by atoms with E-state index in [-0.39, 0.29) is 17.6 Å². The first-order valence-electron chi connectivity index (χ1n) is 10.3. The third-order valence-electron chi connectivity index (χ3n) is 6.37. The van der Waals surface area contributed by atoms with Crippen molar-refractivity contribution >= 4 is 34.0 Å². The van der Waals surface area contributed by atoms with E-state index in [0.29, 0.717) is 18.9 Å². The Balaban J connectivity index is 1.36. The third kappa shape index (κ3) is 3.32. The lowest BCUT2D eigenvalue weighted by Crippen LogP contribution is -2.61. The number of amides is 2. The molecule has 4 saturated heterocycles. The Morgan fingerprint density at radius 2 is 2.07 bits per heavy atom. The molecule has 0 unspecified atom stereocenters. The highest BCUT2D eigenvalue weighted by molar-refractivity contribution is 7.19. The molecular formula is C22H25N3O3S. The van der Waals surface area contributed by atoms with Crippen molar-refractivity contribution in [1.82, 2.24) is 4.90 Å². The highest BCUT2D eigenvalue weighted by atomic mass is 32.1. The topological polar surface area (TPSA) is 61.9 Å². The van der Waals surface area contributed by atoms with Crippen LogP contribution in [-0.2, 0) is 9.53 Å². The molecule has 0 radical (unpaired) electrons. The molecule has 6 nitrogen and oxygen atoms in total. The van der Waals surface area contributed by atoms with Gasteiger partial charge in [0, 0.05) is 29.4 Å². The average molecular weight is 412 g/mol. The van der Waals surface area contributed by atoms with Crippen LogP contribution < -0.4 is 10.2 Å². The van der Waals surface area contributed by atoms with E-state index in [9.17, 15) is 9.59 Å². The summed E-state index contributed by atoms with van der Waals surface area (Å²) in [6, 6.07) is 11.9. The molecule has 0 aliphatic carbocycles. The van der Waals surface area contributed by atoms with E-state index in [1.165, 1.54) is 0 Å². The summed E-state index contributed by atoms with van der Waals surface area (Å²) in [6.45, 7) is 5.58. The fraction of sp³-hybridized carbons (Fsp3) is 0.455. The van der Waals surface area contributed by atoms with Crippen LogP contribution in [0.25, 0.3) is 10.4 Å². The quantitative estimate of drug-likeness (QED) is 0.820. The number of anilines is 2. The highest BCUT2D eigenvalue weighted by Crippen LogP contribution is 2.45. The average Bonchev–Trinajstić information content (AvgIpc) is 3.34. The molecule has 2 bridgehead atoms. The van der Waals surface area contributed by atoms with Crippen molar-refractivity contribution in [3.8, 4) is 10.4 Å². The van der Waals surface area contributed by atoms with Crippen LogP contribution in [0.4, 0.5) is 15.5 Å². The zero-order valence-electron chi connectivity index (χ0n) is 16.5. The lowest BCUT2D eigenvalue weighted by molar-refractivity contribution is -0.115. The molecule has 5 heterocycles. The van der Waals surface area contributed by atoms with Crippen LogP contribution in [0.3, 0.4) is 0 Å². The van der Waals surface area contributed by atoms with Crippen molar-refractivity contribution in [2.45, 2.75) is 31.8 Å². The Bertz CT molecular complexity index is 950. The molecular weight excluding hydrogens is 386 g/mol. The number of rotatable bonds is 4. The maximum atomic E-state index is 12.7. The number of fused-ring (bicyclic) bond motifs is 2. The van der Waals surface area contributed by atoms with Gasteiger partial charge in [0.05, 0.1) is 6.54 Å². The van der Waals surface area contributed by atoms with Crippen molar-refractivity contribution in [3.63, 3.8) is 0 Å². The van der Waals surface area contributed by atoms with Gasteiger partial charge < -0.3 is 10.1 Å². The molecule has 1 atom stereocenters. The first-order valence-corrected chi connectivity index (χ1v) is 11.1. The normalized spacial score (nSPS) is 28.0. The maximum absolute atomic E-state index is 12.7. The molecule has 1 spiro atoms. The van der Waals surface area contributed by atoms with E-state index in [0.717, 1.165) is 53.6 Å². The standard InChI is InChI=1S/C22H25N3O3S/c1-2-19(26)23-17-5-3-4-15(12-17)18-6-7-20(29-18)25-14-22(28-21(25)27)13-24-10-8-16(22)9-11-24/h3-7,12,16H,2,8-11,13-14H2,1H3,(H,23,26)/t22-/m1/s1. The summed E-state index contributed by atoms with van der Waals surface area (Å²) in [5.41, 5.74) is 1.47. The number of benzene rings is 1. The molecule has 2 aromatic rings. The zero-order chi connectivity index (χ0) is 20.0. The first kappa shape index (κ1) is 18.6. The van der Waals surface area contributed by atoms with E-state index in [2.05, 4.69) is 10.2 Å². The van der Waals surface area contributed by atoms with Gasteiger partial charge in [-0.3, -0.25) is 14.6 Å². The van der Waals surface area contributed by atoms with Gasteiger partial charge in [0.25, 0.3) is 0 Å². The SMILES string of the molecule is CCC(=O)Nc1cccc(-c2ccc(N3C[C@@]4(CN5CCC4CC5)OC3=O)s2)c1. The van der Waals surface area contributed by atoms with E-state index in [1.54, 1.807) is 16.2 Å². The maximum Gasteiger partial charge on any atom is 0.415 e. The third-order valence-corrected chi connectivity index (χ3v) is 7.53. The molecule has 152 valence electrons. The van der Waals surface area contributed by atoms with Gasteiger partial charge in [0.1, 0.15) is 10.6 Å². The van der Waals surface area contributed by atoms with Gasteiger partial charge in [-0.1, -0.05) is 19.1 Å². The molecule has 2 amide bonds. The summed E-state index contributed by atoms with van der Waals surface area (Å²) in [5, 5.41) is 3.82. The molecule has 1 N–H and O–H groups in total. The summed E-state index contributed by atoms with van der Waals surface area (Å²) >= 11 is 1.59. The van der Waals surface area contributed by atoms with Crippen molar-refractivity contribution in [2.75, 3.05) is 36.4 Å². The molecule has 4 fully saturated rings. The largest absolute Gasteiger partial charge is 0.439 e. The predicted octanol–water partition coefficient (Wildman–Crippen LogP) is 4.18. The number of thiophene rings is 1. The van der Waals surface area contributed by atoms with Crippen LogP contribution in [-0.4, -0.2) is 48.7 Å². The fourth-order valence-electron chi connectivity index (χ4n) is 4.81. The second-order valence-electron chi connectivity index (χ2n) is 8.19. The molecule has 6 rings (SSSR count). The van der Waals surface area contributed by atoms with Gasteiger partial charge in [0.2, 0.25) is 5.91 Å². The molecule has 7 heteroatoms. The number of hydrogen-bond donors (Lipinski definition) is 1. The number of carbonyl (C=O) groups excluding carboxylic acids is 2. The van der Waals surface area contributed by atoms with Crippen LogP contribution in [0.2, 0.25) is 0 Å². The van der Waals surface area contributed by atoms with Crippen LogP contribution in [0.1, 0.15) is 26.2 Å². The Morgan fingerprint density at radius 1 is 1.24 bits per heavy atom. The summed E-state index contributed by atoms with van der Waals surface area (Å²) < 4.78 is 5.99. The summed E-state index contributed by atoms with van der Waals surface area (Å²) in [4.78, 5) is 29.7. The van der Waals surface area contributed by atoms with Gasteiger partial charge in [0.15, 0.2) is 0 Å². The van der Waals surface area contributed by atoms with Crippen molar-refractivity contribution in [2.24, 2.45) is 5.92 Å². The minimum atomic E-state index is -0.345. The summed E-state index contributed by atoms with van der Waals surface area (Å²) in [6.07, 6.45) is 2.46. The van der Waals surface area contributed by atoms with E-state index < -0.39 is 0 Å². The molecule has 29 heavy (non-hydrogen) atoms. The molecule has 4 aliphatic heterocycles. The second-order valence-corrected chi connectivity index (χ2v) is 9.25. The van der Waals surface area contributed by atoms with Crippen molar-refractivity contribution in [3.05, 3.63) is 36.4 Å². The predicted molar refractivity (Wildman–Crippen MR) is 114 cm³/mol. The number of carbonyl (C=O) groups is 2. The molecule has 0 saturated carbocycles. The Morgan fingerprint density at radius 3 is 2.79 bits per heavy atom. The fourth-order valence-corrected chi connectivity index (χ4v) is 5.80. The lowest BCUT2D eigenvalue weighted by Gasteiger charge is -2.49. The highest BCUT2D eigenvalue weighted by Gasteiger charge is 2.55. The monoisotopic (exact) mass is 411 g/mol. The Hall–Kier alpha value is -2.38. The van der Waals surface area contributed by atoms with Crippen LogP contribution in [0.5, 0.6) is 0 Å². The smallest absolute Gasteiger partial charge is 0.415 e. The van der Waals surface area contributed by atoms with E-state index in [4.69, 9.17) is 4.74 Å². The minimum absolute atomic E-state index is 0.00310. The van der Waals surface area contributed by atoms with Crippen LogP contribution in [0, 0.1) is 5.92 Å². The molecule has 4 aliphatic rings. The van der Waals surface area contributed by atoms with Crippen LogP contribution in [0.15, 0.2) is 36.4 Å². The second kappa shape index (κ2) is 7.15. The lowest BCUT2D eigenvalue weighted by atomic mass is 9.75. The Labute approximate surface area is 174 Å². The van der Waals surface area contributed by atoms with Crippen molar-refractivity contribution in [1.29, 1.82) is 0 Å². The van der Waals surface area contributed by atoms with Gasteiger partial charge in [-0.25, -0.2) is 4.79 Å². The first-order chi connectivity index (χ1) is 14.1. The minimum Gasteiger partial charge on any atom is -0.439 e. The summed E-state index contributed by atoms with van der Waals surface area (Å²) in [5.74, 6) is 0.469. The number of ether oxygens (including phenoxy) is 1. The zero-order valence-corrected chi connectivity index (χ0v) is 17.3.